The Balaban J connectivity index is 2.47. The van der Waals surface area contributed by atoms with Crippen LogP contribution in [0.4, 0.5) is 4.39 Å². The monoisotopic (exact) mass is 295 g/mol. The summed E-state index contributed by atoms with van der Waals surface area (Å²) in [6.45, 7) is 0. The number of nitrogens with zero attached hydrogens (tertiary/aromatic N) is 2. The molecule has 90 valence electrons. The van der Waals surface area contributed by atoms with Gasteiger partial charge in [0.2, 0.25) is 0 Å². The van der Waals surface area contributed by atoms with Gasteiger partial charge in [-0.1, -0.05) is 11.6 Å². The predicted molar refractivity (Wildman–Crippen MR) is 59.8 cm³/mol. The summed E-state index contributed by atoms with van der Waals surface area (Å²) in [6, 6.07) is 3.87. The molecule has 0 unspecified atom stereocenters. The molecule has 1 N–H and O–H groups in total. The first-order valence-electron chi connectivity index (χ1n) is 4.20. The molecule has 0 aliphatic rings. The van der Waals surface area contributed by atoms with Crippen LogP contribution in [0.25, 0.3) is 11.4 Å². The fourth-order valence-corrected chi connectivity index (χ4v) is 1.80. The number of hydrogen-bond acceptors (Lipinski definition) is 4. The third-order valence-corrected chi connectivity index (χ3v) is 3.26. The summed E-state index contributed by atoms with van der Waals surface area (Å²) >= 11 is 5.51. The number of nitrogens with one attached hydrogen (secondary N) is 1. The lowest BCUT2D eigenvalue weighted by Gasteiger charge is -1.96. The van der Waals surface area contributed by atoms with Gasteiger partial charge >= 0.3 is 0 Å². The molecule has 2 aromatic rings. The Morgan fingerprint density at radius 2 is 2.06 bits per heavy atom. The molecule has 0 atom stereocenters. The maximum absolute atomic E-state index is 13.2. The van der Waals surface area contributed by atoms with Crippen molar-refractivity contribution < 1.29 is 12.8 Å². The Bertz CT molecular complexity index is 671. The first-order valence-corrected chi connectivity index (χ1v) is 6.89. The van der Waals surface area contributed by atoms with Crippen molar-refractivity contribution >= 4 is 31.3 Å². The summed E-state index contributed by atoms with van der Waals surface area (Å²) in [7, 11) is 1.07. The molecule has 9 heteroatoms. The highest BCUT2D eigenvalue weighted by atomic mass is 35.7. The van der Waals surface area contributed by atoms with Gasteiger partial charge in [0.15, 0.2) is 5.82 Å². The Kier molecular flexibility index (Phi) is 3.07. The van der Waals surface area contributed by atoms with Crippen LogP contribution in [0.2, 0.25) is 5.02 Å². The Hall–Kier alpha value is -1.18. The number of rotatable bonds is 2. The van der Waals surface area contributed by atoms with Gasteiger partial charge in [0.05, 0.1) is 5.02 Å². The van der Waals surface area contributed by atoms with Gasteiger partial charge < -0.3 is 0 Å². The summed E-state index contributed by atoms with van der Waals surface area (Å²) in [5.41, 5.74) is 0.287. The molecule has 2 rings (SSSR count). The van der Waals surface area contributed by atoms with Crippen molar-refractivity contribution in [3.05, 3.63) is 29.0 Å². The van der Waals surface area contributed by atoms with E-state index in [1.807, 2.05) is 0 Å². The predicted octanol–water partition coefficient (Wildman–Crippen LogP) is 2.19. The second kappa shape index (κ2) is 4.25. The zero-order valence-corrected chi connectivity index (χ0v) is 10.3. The highest BCUT2D eigenvalue weighted by Crippen LogP contribution is 2.22. The van der Waals surface area contributed by atoms with E-state index in [1.54, 1.807) is 0 Å². The zero-order chi connectivity index (χ0) is 12.6. The minimum absolute atomic E-state index is 0.0137. The fourth-order valence-electron chi connectivity index (χ4n) is 1.12. The van der Waals surface area contributed by atoms with Crippen molar-refractivity contribution in [1.29, 1.82) is 0 Å². The van der Waals surface area contributed by atoms with E-state index in [1.165, 1.54) is 12.1 Å². The molecule has 1 aromatic carbocycles. The van der Waals surface area contributed by atoms with E-state index < -0.39 is 20.0 Å². The number of hydrogen-bond donors (Lipinski definition) is 1. The quantitative estimate of drug-likeness (QED) is 0.862. The molecule has 0 spiro atoms. The lowest BCUT2D eigenvalue weighted by atomic mass is 10.2. The van der Waals surface area contributed by atoms with Crippen molar-refractivity contribution in [3.63, 3.8) is 0 Å². The Morgan fingerprint density at radius 3 is 2.59 bits per heavy atom. The van der Waals surface area contributed by atoms with Gasteiger partial charge in [0, 0.05) is 16.2 Å². The molecule has 0 bridgehead atoms. The molecule has 0 aliphatic heterocycles. The third kappa shape index (κ3) is 2.56. The van der Waals surface area contributed by atoms with E-state index in [2.05, 4.69) is 15.2 Å². The zero-order valence-electron chi connectivity index (χ0n) is 7.99. The average molecular weight is 296 g/mol. The molecule has 0 saturated carbocycles. The van der Waals surface area contributed by atoms with Crippen LogP contribution < -0.4 is 0 Å². The van der Waals surface area contributed by atoms with Crippen molar-refractivity contribution in [2.24, 2.45) is 0 Å². The van der Waals surface area contributed by atoms with Gasteiger partial charge in [-0.2, -0.15) is 10.1 Å². The van der Waals surface area contributed by atoms with Gasteiger partial charge in [-0.05, 0) is 18.2 Å². The van der Waals surface area contributed by atoms with Crippen LogP contribution in [-0.4, -0.2) is 23.6 Å². The van der Waals surface area contributed by atoms with Crippen molar-refractivity contribution in [1.82, 2.24) is 15.2 Å². The van der Waals surface area contributed by atoms with Crippen LogP contribution in [0, 0.1) is 5.82 Å². The Morgan fingerprint density at radius 1 is 1.35 bits per heavy atom. The molecule has 1 heterocycles. The molecule has 0 aliphatic carbocycles. The lowest BCUT2D eigenvalue weighted by Crippen LogP contribution is -1.92. The highest BCUT2D eigenvalue weighted by Gasteiger charge is 2.17. The molecule has 17 heavy (non-hydrogen) atoms. The normalized spacial score (nSPS) is 11.7. The maximum Gasteiger partial charge on any atom is 0.296 e. The summed E-state index contributed by atoms with van der Waals surface area (Å²) in [5, 5.41) is 5.21. The topological polar surface area (TPSA) is 75.7 Å². The largest absolute Gasteiger partial charge is 0.296 e. The number of halogens is 3. The van der Waals surface area contributed by atoms with E-state index in [-0.39, 0.29) is 16.4 Å². The minimum atomic E-state index is -3.99. The lowest BCUT2D eigenvalue weighted by molar-refractivity contribution is 0.602. The third-order valence-electron chi connectivity index (χ3n) is 1.87. The van der Waals surface area contributed by atoms with Crippen LogP contribution in [0.5, 0.6) is 0 Å². The highest BCUT2D eigenvalue weighted by molar-refractivity contribution is 8.13. The van der Waals surface area contributed by atoms with E-state index in [9.17, 15) is 12.8 Å². The average Bonchev–Trinajstić information content (AvgIpc) is 2.70. The summed E-state index contributed by atoms with van der Waals surface area (Å²) in [6.07, 6.45) is 0. The summed E-state index contributed by atoms with van der Waals surface area (Å²) in [5.74, 6) is -0.635. The fraction of sp³-hybridized carbons (Fsp3) is 0. The molecular weight excluding hydrogens is 292 g/mol. The molecule has 0 saturated heterocycles. The molecule has 1 aromatic heterocycles. The number of H-pyrrole nitrogens is 1. The number of aromatic nitrogens is 3. The smallest absolute Gasteiger partial charge is 0.248 e. The standard InChI is InChI=1S/C8H4Cl2FN3O2S/c9-5-2-1-4(3-6(5)11)7-12-8(14-13-7)17(10,15)16/h1-3H,(H,12,13,14). The molecule has 0 radical (unpaired) electrons. The van der Waals surface area contributed by atoms with Crippen LogP contribution in [0.3, 0.4) is 0 Å². The molecule has 0 amide bonds. The van der Waals surface area contributed by atoms with Crippen molar-refractivity contribution in [2.75, 3.05) is 0 Å². The second-order valence-corrected chi connectivity index (χ2v) is 5.92. The summed E-state index contributed by atoms with van der Waals surface area (Å²) < 4.78 is 35.0. The van der Waals surface area contributed by atoms with Crippen LogP contribution in [-0.2, 0) is 9.05 Å². The molecular formula is C8H4Cl2FN3O2S. The van der Waals surface area contributed by atoms with Crippen LogP contribution in [0.15, 0.2) is 23.4 Å². The Labute approximate surface area is 105 Å². The first kappa shape index (κ1) is 12.3. The van der Waals surface area contributed by atoms with E-state index in [0.717, 1.165) is 6.07 Å². The van der Waals surface area contributed by atoms with Gasteiger partial charge in [-0.3, -0.25) is 0 Å². The van der Waals surface area contributed by atoms with E-state index >= 15 is 0 Å². The minimum Gasteiger partial charge on any atom is -0.248 e. The van der Waals surface area contributed by atoms with Crippen molar-refractivity contribution in [2.45, 2.75) is 5.16 Å². The SMILES string of the molecule is O=S(=O)(Cl)c1nc(-c2ccc(Cl)c(F)c2)n[nH]1. The van der Waals surface area contributed by atoms with E-state index in [0.29, 0.717) is 0 Å². The van der Waals surface area contributed by atoms with Gasteiger partial charge in [0.1, 0.15) is 5.82 Å². The number of aromatic amines is 1. The van der Waals surface area contributed by atoms with Gasteiger partial charge in [-0.15, -0.1) is 0 Å². The van der Waals surface area contributed by atoms with Crippen LogP contribution in [0.1, 0.15) is 0 Å². The summed E-state index contributed by atoms with van der Waals surface area (Å²) in [4.78, 5) is 3.63. The van der Waals surface area contributed by atoms with Crippen molar-refractivity contribution in [3.8, 4) is 11.4 Å². The van der Waals surface area contributed by atoms with Gasteiger partial charge in [0.25, 0.3) is 14.2 Å². The first-order chi connectivity index (χ1) is 7.88. The second-order valence-electron chi connectivity index (χ2n) is 3.03. The molecule has 5 nitrogen and oxygen atoms in total. The van der Waals surface area contributed by atoms with E-state index in [4.69, 9.17) is 22.3 Å². The number of benzene rings is 1. The molecule has 0 fully saturated rings. The maximum atomic E-state index is 13.2. The van der Waals surface area contributed by atoms with Gasteiger partial charge in [-0.25, -0.2) is 17.9 Å². The van der Waals surface area contributed by atoms with Crippen LogP contribution >= 0.6 is 22.3 Å².